The molecule has 2 unspecified atom stereocenters. The van der Waals surface area contributed by atoms with Crippen LogP contribution in [0.1, 0.15) is 32.9 Å². The molecule has 3 nitrogen and oxygen atoms in total. The highest BCUT2D eigenvalue weighted by molar-refractivity contribution is 9.10. The second-order valence-corrected chi connectivity index (χ2v) is 6.30. The largest absolute Gasteiger partial charge is 0.312 e. The van der Waals surface area contributed by atoms with E-state index in [1.54, 1.807) is 0 Å². The van der Waals surface area contributed by atoms with Gasteiger partial charge in [0.25, 0.3) is 0 Å². The van der Waals surface area contributed by atoms with E-state index in [0.717, 1.165) is 29.6 Å². The first-order valence-electron chi connectivity index (χ1n) is 6.95. The molecule has 1 rings (SSSR count). The van der Waals surface area contributed by atoms with E-state index in [1.807, 2.05) is 6.20 Å². The van der Waals surface area contributed by atoms with Crippen LogP contribution >= 0.6 is 15.9 Å². The Morgan fingerprint density at radius 2 is 2.05 bits per heavy atom. The Morgan fingerprint density at radius 3 is 2.47 bits per heavy atom. The summed E-state index contributed by atoms with van der Waals surface area (Å²) in [5.74, 6) is 0. The molecule has 0 saturated carbocycles. The fourth-order valence-electron chi connectivity index (χ4n) is 2.37. The summed E-state index contributed by atoms with van der Waals surface area (Å²) >= 11 is 3.43. The van der Waals surface area contributed by atoms with Crippen molar-refractivity contribution in [2.45, 2.75) is 45.2 Å². The molecule has 1 aromatic rings. The summed E-state index contributed by atoms with van der Waals surface area (Å²) in [5.41, 5.74) is 1.26. The van der Waals surface area contributed by atoms with E-state index in [2.05, 4.69) is 78.1 Å². The standard InChI is InChI=1S/C15H26BrN3/c1-6-15(3,19(4)5)14(17-7-2)10-13-9-8-12(16)11-18-13/h8-9,11,14,17H,6-7,10H2,1-5H3. The molecular weight excluding hydrogens is 302 g/mol. The van der Waals surface area contributed by atoms with Crippen LogP contribution in [0.15, 0.2) is 22.8 Å². The van der Waals surface area contributed by atoms with E-state index in [-0.39, 0.29) is 5.54 Å². The lowest BCUT2D eigenvalue weighted by Crippen LogP contribution is -2.57. The summed E-state index contributed by atoms with van der Waals surface area (Å²) in [6, 6.07) is 4.55. The van der Waals surface area contributed by atoms with E-state index in [9.17, 15) is 0 Å². The first-order valence-corrected chi connectivity index (χ1v) is 7.74. The topological polar surface area (TPSA) is 28.2 Å². The molecule has 1 heterocycles. The van der Waals surface area contributed by atoms with Gasteiger partial charge in [0.15, 0.2) is 0 Å². The molecule has 1 aromatic heterocycles. The van der Waals surface area contributed by atoms with Gasteiger partial charge in [0.2, 0.25) is 0 Å². The average Bonchev–Trinajstić information content (AvgIpc) is 2.39. The molecule has 0 bridgehead atoms. The lowest BCUT2D eigenvalue weighted by atomic mass is 9.85. The van der Waals surface area contributed by atoms with Crippen LogP contribution in [-0.4, -0.2) is 42.1 Å². The molecule has 0 spiro atoms. The van der Waals surface area contributed by atoms with Gasteiger partial charge >= 0.3 is 0 Å². The molecule has 0 saturated heterocycles. The summed E-state index contributed by atoms with van der Waals surface area (Å²) < 4.78 is 1.03. The first kappa shape index (κ1) is 16.6. The van der Waals surface area contributed by atoms with Gasteiger partial charge in [0.1, 0.15) is 0 Å². The van der Waals surface area contributed by atoms with Gasteiger partial charge in [-0.1, -0.05) is 13.8 Å². The number of pyridine rings is 1. The lowest BCUT2D eigenvalue weighted by molar-refractivity contribution is 0.113. The fourth-order valence-corrected chi connectivity index (χ4v) is 2.60. The van der Waals surface area contributed by atoms with Crippen molar-refractivity contribution in [1.82, 2.24) is 15.2 Å². The van der Waals surface area contributed by atoms with Crippen LogP contribution in [-0.2, 0) is 6.42 Å². The number of hydrogen-bond acceptors (Lipinski definition) is 3. The zero-order valence-electron chi connectivity index (χ0n) is 12.7. The molecular formula is C15H26BrN3. The van der Waals surface area contributed by atoms with Crippen molar-refractivity contribution in [2.75, 3.05) is 20.6 Å². The summed E-state index contributed by atoms with van der Waals surface area (Å²) in [6.45, 7) is 7.71. The third-order valence-electron chi connectivity index (χ3n) is 4.14. The van der Waals surface area contributed by atoms with E-state index >= 15 is 0 Å². The first-order chi connectivity index (χ1) is 8.93. The molecule has 1 N–H and O–H groups in total. The Labute approximate surface area is 125 Å². The van der Waals surface area contributed by atoms with Crippen molar-refractivity contribution < 1.29 is 0 Å². The van der Waals surface area contributed by atoms with E-state index in [1.165, 1.54) is 0 Å². The molecule has 19 heavy (non-hydrogen) atoms. The lowest BCUT2D eigenvalue weighted by Gasteiger charge is -2.43. The van der Waals surface area contributed by atoms with Crippen molar-refractivity contribution in [3.8, 4) is 0 Å². The maximum Gasteiger partial charge on any atom is 0.0420 e. The Bertz CT molecular complexity index is 377. The van der Waals surface area contributed by atoms with Crippen LogP contribution in [0.25, 0.3) is 0 Å². The smallest absolute Gasteiger partial charge is 0.0420 e. The number of halogens is 1. The van der Waals surface area contributed by atoms with Crippen LogP contribution in [0.5, 0.6) is 0 Å². The van der Waals surface area contributed by atoms with Gasteiger partial charge in [-0.3, -0.25) is 4.98 Å². The number of aromatic nitrogens is 1. The normalized spacial score (nSPS) is 16.4. The molecule has 4 heteroatoms. The Morgan fingerprint density at radius 1 is 1.37 bits per heavy atom. The molecule has 0 radical (unpaired) electrons. The quantitative estimate of drug-likeness (QED) is 0.834. The van der Waals surface area contributed by atoms with Crippen molar-refractivity contribution in [3.63, 3.8) is 0 Å². The van der Waals surface area contributed by atoms with Crippen LogP contribution < -0.4 is 5.32 Å². The van der Waals surface area contributed by atoms with Crippen molar-refractivity contribution >= 4 is 15.9 Å². The third kappa shape index (κ3) is 4.26. The van der Waals surface area contributed by atoms with E-state index in [4.69, 9.17) is 0 Å². The molecule has 0 aliphatic carbocycles. The summed E-state index contributed by atoms with van der Waals surface area (Å²) in [7, 11) is 4.31. The Kier molecular flexibility index (Phi) is 6.43. The van der Waals surface area contributed by atoms with E-state index in [0.29, 0.717) is 6.04 Å². The number of hydrogen-bond donors (Lipinski definition) is 1. The highest BCUT2D eigenvalue weighted by atomic mass is 79.9. The minimum absolute atomic E-state index is 0.130. The van der Waals surface area contributed by atoms with Gasteiger partial charge in [0.05, 0.1) is 0 Å². The second kappa shape index (κ2) is 7.36. The number of rotatable bonds is 7. The Hall–Kier alpha value is -0.450. The summed E-state index contributed by atoms with van der Waals surface area (Å²) in [4.78, 5) is 6.82. The monoisotopic (exact) mass is 327 g/mol. The van der Waals surface area contributed by atoms with Gasteiger partial charge in [-0.05, 0) is 62.0 Å². The summed E-state index contributed by atoms with van der Waals surface area (Å²) in [6.07, 6.45) is 3.93. The summed E-state index contributed by atoms with van der Waals surface area (Å²) in [5, 5.41) is 3.63. The fraction of sp³-hybridized carbons (Fsp3) is 0.667. The maximum atomic E-state index is 4.50. The van der Waals surface area contributed by atoms with Crippen molar-refractivity contribution in [2.24, 2.45) is 0 Å². The number of nitrogens with one attached hydrogen (secondary N) is 1. The minimum atomic E-state index is 0.130. The van der Waals surface area contributed by atoms with Gasteiger partial charge in [-0.15, -0.1) is 0 Å². The average molecular weight is 328 g/mol. The third-order valence-corrected chi connectivity index (χ3v) is 4.61. The maximum absolute atomic E-state index is 4.50. The van der Waals surface area contributed by atoms with Gasteiger partial charge in [-0.2, -0.15) is 0 Å². The van der Waals surface area contributed by atoms with Gasteiger partial charge in [0, 0.05) is 34.4 Å². The number of nitrogens with zero attached hydrogens (tertiary/aromatic N) is 2. The molecule has 0 amide bonds. The molecule has 0 fully saturated rings. The highest BCUT2D eigenvalue weighted by Gasteiger charge is 2.34. The van der Waals surface area contributed by atoms with Crippen LogP contribution in [0.2, 0.25) is 0 Å². The minimum Gasteiger partial charge on any atom is -0.312 e. The SMILES string of the molecule is CCNC(Cc1ccc(Br)cn1)C(C)(CC)N(C)C. The molecule has 0 aliphatic heterocycles. The van der Waals surface area contributed by atoms with E-state index < -0.39 is 0 Å². The molecule has 2 atom stereocenters. The molecule has 108 valence electrons. The second-order valence-electron chi connectivity index (χ2n) is 5.39. The predicted molar refractivity (Wildman–Crippen MR) is 85.5 cm³/mol. The number of likely N-dealkylation sites (N-methyl/N-ethyl adjacent to an activating group) is 2. The van der Waals surface area contributed by atoms with Crippen LogP contribution in [0.4, 0.5) is 0 Å². The molecule has 0 aromatic carbocycles. The van der Waals surface area contributed by atoms with Crippen molar-refractivity contribution in [1.29, 1.82) is 0 Å². The van der Waals surface area contributed by atoms with Crippen molar-refractivity contribution in [3.05, 3.63) is 28.5 Å². The molecule has 0 aliphatic rings. The van der Waals surface area contributed by atoms with Gasteiger partial charge < -0.3 is 10.2 Å². The zero-order valence-corrected chi connectivity index (χ0v) is 14.3. The Balaban J connectivity index is 2.91. The van der Waals surface area contributed by atoms with Gasteiger partial charge in [-0.25, -0.2) is 0 Å². The predicted octanol–water partition coefficient (Wildman–Crippen LogP) is 3.10. The zero-order chi connectivity index (χ0) is 14.5. The van der Waals surface area contributed by atoms with Crippen LogP contribution in [0, 0.1) is 0 Å². The van der Waals surface area contributed by atoms with Crippen LogP contribution in [0.3, 0.4) is 0 Å². The highest BCUT2D eigenvalue weighted by Crippen LogP contribution is 2.23.